The SMILES string of the molecule is CCC(CC)N(C)c1ccncc1CCl. The first-order chi connectivity index (χ1) is 7.24. The van der Waals surface area contributed by atoms with Crippen LogP contribution in [0, 0.1) is 0 Å². The Morgan fingerprint density at radius 3 is 2.60 bits per heavy atom. The molecule has 1 aromatic heterocycles. The Morgan fingerprint density at radius 2 is 2.07 bits per heavy atom. The molecule has 0 N–H and O–H groups in total. The van der Waals surface area contributed by atoms with Crippen molar-refractivity contribution in [3.63, 3.8) is 0 Å². The molecule has 1 heterocycles. The zero-order chi connectivity index (χ0) is 11.3. The maximum atomic E-state index is 5.90. The lowest BCUT2D eigenvalue weighted by Gasteiger charge is -2.29. The third-order valence-electron chi connectivity index (χ3n) is 2.89. The number of aromatic nitrogens is 1. The maximum absolute atomic E-state index is 5.90. The fourth-order valence-electron chi connectivity index (χ4n) is 1.90. The molecule has 1 aromatic rings. The Hall–Kier alpha value is -0.760. The van der Waals surface area contributed by atoms with Gasteiger partial charge in [-0.25, -0.2) is 0 Å². The molecule has 0 atom stereocenters. The zero-order valence-corrected chi connectivity index (χ0v) is 10.5. The fourth-order valence-corrected chi connectivity index (χ4v) is 2.11. The lowest BCUT2D eigenvalue weighted by Crippen LogP contribution is -2.31. The molecule has 15 heavy (non-hydrogen) atoms. The van der Waals surface area contributed by atoms with E-state index in [1.54, 1.807) is 0 Å². The lowest BCUT2D eigenvalue weighted by molar-refractivity contribution is 0.590. The molecule has 0 spiro atoms. The largest absolute Gasteiger partial charge is 0.371 e. The summed E-state index contributed by atoms with van der Waals surface area (Å²) in [5.41, 5.74) is 2.31. The van der Waals surface area contributed by atoms with Crippen LogP contribution in [0.5, 0.6) is 0 Å². The average molecular weight is 227 g/mol. The molecule has 0 saturated heterocycles. The van der Waals surface area contributed by atoms with Gasteiger partial charge in [0.2, 0.25) is 0 Å². The predicted octanol–water partition coefficient (Wildman–Crippen LogP) is 3.45. The van der Waals surface area contributed by atoms with Gasteiger partial charge in [-0.2, -0.15) is 0 Å². The summed E-state index contributed by atoms with van der Waals surface area (Å²) in [6.07, 6.45) is 5.97. The minimum atomic E-state index is 0.521. The molecule has 0 unspecified atom stereocenters. The molecule has 84 valence electrons. The summed E-state index contributed by atoms with van der Waals surface area (Å²) >= 11 is 5.90. The van der Waals surface area contributed by atoms with Crippen LogP contribution in [-0.4, -0.2) is 18.1 Å². The number of anilines is 1. The highest BCUT2D eigenvalue weighted by Crippen LogP contribution is 2.23. The van der Waals surface area contributed by atoms with E-state index in [4.69, 9.17) is 11.6 Å². The van der Waals surface area contributed by atoms with Gasteiger partial charge in [0.15, 0.2) is 0 Å². The molecule has 0 saturated carbocycles. The van der Waals surface area contributed by atoms with Crippen LogP contribution < -0.4 is 4.90 Å². The second-order valence-corrected chi connectivity index (χ2v) is 3.99. The van der Waals surface area contributed by atoms with Gasteiger partial charge in [0.1, 0.15) is 0 Å². The molecular weight excluding hydrogens is 208 g/mol. The van der Waals surface area contributed by atoms with Crippen molar-refractivity contribution in [3.8, 4) is 0 Å². The topological polar surface area (TPSA) is 16.1 Å². The third-order valence-corrected chi connectivity index (χ3v) is 3.18. The van der Waals surface area contributed by atoms with Crippen molar-refractivity contribution in [2.45, 2.75) is 38.6 Å². The van der Waals surface area contributed by atoms with Crippen LogP contribution in [0.15, 0.2) is 18.5 Å². The number of alkyl halides is 1. The second-order valence-electron chi connectivity index (χ2n) is 3.72. The van der Waals surface area contributed by atoms with Gasteiger partial charge in [-0.15, -0.1) is 11.6 Å². The normalized spacial score (nSPS) is 10.7. The van der Waals surface area contributed by atoms with Crippen LogP contribution in [0.1, 0.15) is 32.3 Å². The molecular formula is C12H19ClN2. The van der Waals surface area contributed by atoms with Crippen molar-refractivity contribution in [2.75, 3.05) is 11.9 Å². The summed E-state index contributed by atoms with van der Waals surface area (Å²) in [5.74, 6) is 0.521. The van der Waals surface area contributed by atoms with E-state index in [9.17, 15) is 0 Å². The number of rotatable bonds is 5. The van der Waals surface area contributed by atoms with E-state index in [1.807, 2.05) is 18.5 Å². The van der Waals surface area contributed by atoms with Crippen molar-refractivity contribution in [1.29, 1.82) is 0 Å². The zero-order valence-electron chi connectivity index (χ0n) is 9.70. The summed E-state index contributed by atoms with van der Waals surface area (Å²) in [6.45, 7) is 4.43. The highest BCUT2D eigenvalue weighted by atomic mass is 35.5. The number of halogens is 1. The van der Waals surface area contributed by atoms with Gasteiger partial charge in [0.05, 0.1) is 5.88 Å². The van der Waals surface area contributed by atoms with Crippen LogP contribution in [0.25, 0.3) is 0 Å². The molecule has 0 aliphatic carbocycles. The predicted molar refractivity (Wildman–Crippen MR) is 66.6 cm³/mol. The van der Waals surface area contributed by atoms with Gasteiger partial charge >= 0.3 is 0 Å². The Bertz CT molecular complexity index is 297. The van der Waals surface area contributed by atoms with Gasteiger partial charge in [0, 0.05) is 36.7 Å². The van der Waals surface area contributed by atoms with Crippen LogP contribution in [-0.2, 0) is 5.88 Å². The van der Waals surface area contributed by atoms with Gasteiger partial charge < -0.3 is 4.90 Å². The summed E-state index contributed by atoms with van der Waals surface area (Å²) in [6, 6.07) is 2.62. The van der Waals surface area contributed by atoms with Crippen molar-refractivity contribution < 1.29 is 0 Å². The molecule has 0 bridgehead atoms. The van der Waals surface area contributed by atoms with E-state index in [-0.39, 0.29) is 0 Å². The van der Waals surface area contributed by atoms with E-state index in [2.05, 4.69) is 30.8 Å². The molecule has 0 aliphatic rings. The van der Waals surface area contributed by atoms with Crippen molar-refractivity contribution >= 4 is 17.3 Å². The first kappa shape index (κ1) is 12.3. The van der Waals surface area contributed by atoms with E-state index >= 15 is 0 Å². The van der Waals surface area contributed by atoms with Gasteiger partial charge in [0.25, 0.3) is 0 Å². The maximum Gasteiger partial charge on any atom is 0.0509 e. The summed E-state index contributed by atoms with van der Waals surface area (Å²) in [4.78, 5) is 6.40. The first-order valence-corrected chi connectivity index (χ1v) is 5.99. The fraction of sp³-hybridized carbons (Fsp3) is 0.583. The molecule has 0 amide bonds. The summed E-state index contributed by atoms with van der Waals surface area (Å²) in [5, 5.41) is 0. The highest BCUT2D eigenvalue weighted by molar-refractivity contribution is 6.17. The minimum Gasteiger partial charge on any atom is -0.371 e. The van der Waals surface area contributed by atoms with Crippen LogP contribution >= 0.6 is 11.6 Å². The monoisotopic (exact) mass is 226 g/mol. The van der Waals surface area contributed by atoms with Crippen molar-refractivity contribution in [3.05, 3.63) is 24.0 Å². The number of pyridine rings is 1. The molecule has 1 rings (SSSR count). The summed E-state index contributed by atoms with van der Waals surface area (Å²) < 4.78 is 0. The minimum absolute atomic E-state index is 0.521. The van der Waals surface area contributed by atoms with E-state index in [0.717, 1.165) is 18.4 Å². The number of nitrogens with zero attached hydrogens (tertiary/aromatic N) is 2. The van der Waals surface area contributed by atoms with E-state index in [1.165, 1.54) is 5.69 Å². The number of hydrogen-bond acceptors (Lipinski definition) is 2. The van der Waals surface area contributed by atoms with Crippen LogP contribution in [0.3, 0.4) is 0 Å². The highest BCUT2D eigenvalue weighted by Gasteiger charge is 2.13. The molecule has 0 aromatic carbocycles. The average Bonchev–Trinajstić information content (AvgIpc) is 2.30. The van der Waals surface area contributed by atoms with Gasteiger partial charge in [-0.3, -0.25) is 4.98 Å². The molecule has 0 radical (unpaired) electrons. The van der Waals surface area contributed by atoms with Crippen LogP contribution in [0.2, 0.25) is 0 Å². The smallest absolute Gasteiger partial charge is 0.0509 e. The molecule has 0 aliphatic heterocycles. The van der Waals surface area contributed by atoms with E-state index < -0.39 is 0 Å². The summed E-state index contributed by atoms with van der Waals surface area (Å²) in [7, 11) is 2.13. The van der Waals surface area contributed by atoms with Gasteiger partial charge in [-0.05, 0) is 18.9 Å². The Kier molecular flexibility index (Phi) is 4.89. The Morgan fingerprint density at radius 1 is 1.40 bits per heavy atom. The van der Waals surface area contributed by atoms with Gasteiger partial charge in [-0.1, -0.05) is 13.8 Å². The molecule has 3 heteroatoms. The van der Waals surface area contributed by atoms with Crippen molar-refractivity contribution in [1.82, 2.24) is 4.98 Å². The quantitative estimate of drug-likeness (QED) is 0.715. The third kappa shape index (κ3) is 2.85. The number of hydrogen-bond donors (Lipinski definition) is 0. The second kappa shape index (κ2) is 5.96. The Labute approximate surface area is 97.3 Å². The molecule has 0 fully saturated rings. The first-order valence-electron chi connectivity index (χ1n) is 5.46. The molecule has 2 nitrogen and oxygen atoms in total. The lowest BCUT2D eigenvalue weighted by atomic mass is 10.1. The van der Waals surface area contributed by atoms with Crippen molar-refractivity contribution in [2.24, 2.45) is 0 Å². The Balaban J connectivity index is 2.93. The standard InChI is InChI=1S/C12H19ClN2/c1-4-11(5-2)15(3)12-6-7-14-9-10(12)8-13/h6-7,9,11H,4-5,8H2,1-3H3. The van der Waals surface area contributed by atoms with E-state index in [0.29, 0.717) is 11.9 Å². The van der Waals surface area contributed by atoms with Crippen LogP contribution in [0.4, 0.5) is 5.69 Å².